The molecule has 0 aromatic heterocycles. The molecule has 0 spiro atoms. The maximum absolute atomic E-state index is 12.1. The zero-order chi connectivity index (χ0) is 16.0. The number of aliphatic hydroxyl groups is 1. The largest absolute Gasteiger partial charge is 0.396 e. The Bertz CT molecular complexity index is 514. The smallest absolute Gasteiger partial charge is 0.272 e. The van der Waals surface area contributed by atoms with E-state index in [0.717, 1.165) is 0 Å². The summed E-state index contributed by atoms with van der Waals surface area (Å²) in [7, 11) is 0. The molecule has 1 atom stereocenters. The number of nitrogens with one attached hydrogen (secondary N) is 1. The van der Waals surface area contributed by atoms with E-state index in [2.05, 4.69) is 5.32 Å². The summed E-state index contributed by atoms with van der Waals surface area (Å²) in [6.45, 7) is 5.60. The minimum absolute atomic E-state index is 0.0129. The molecule has 6 heteroatoms. The van der Waals surface area contributed by atoms with Crippen LogP contribution in [0.25, 0.3) is 0 Å². The molecule has 6 nitrogen and oxygen atoms in total. The fraction of sp³-hybridized carbons (Fsp3) is 0.533. The van der Waals surface area contributed by atoms with Crippen LogP contribution < -0.4 is 5.32 Å². The molecule has 1 aromatic carbocycles. The molecule has 0 heterocycles. The number of carbonyl (C=O) groups excluding carboxylic acids is 1. The summed E-state index contributed by atoms with van der Waals surface area (Å²) < 4.78 is 0. The minimum atomic E-state index is -0.445. The molecule has 0 aliphatic rings. The Morgan fingerprint density at radius 3 is 2.62 bits per heavy atom. The number of rotatable bonds is 7. The van der Waals surface area contributed by atoms with E-state index in [1.54, 1.807) is 19.1 Å². The lowest BCUT2D eigenvalue weighted by Gasteiger charge is -2.21. The fourth-order valence-electron chi connectivity index (χ4n) is 2.20. The van der Waals surface area contributed by atoms with Crippen LogP contribution in [0.1, 0.15) is 31.4 Å². The zero-order valence-electron chi connectivity index (χ0n) is 12.6. The Balaban J connectivity index is 2.79. The molecule has 21 heavy (non-hydrogen) atoms. The molecule has 1 aromatic rings. The van der Waals surface area contributed by atoms with Gasteiger partial charge in [-0.15, -0.1) is 0 Å². The van der Waals surface area contributed by atoms with Gasteiger partial charge in [0.1, 0.15) is 0 Å². The molecule has 0 fully saturated rings. The van der Waals surface area contributed by atoms with E-state index in [0.29, 0.717) is 17.5 Å². The van der Waals surface area contributed by atoms with Crippen LogP contribution in [-0.4, -0.2) is 28.6 Å². The van der Waals surface area contributed by atoms with Crippen molar-refractivity contribution in [1.82, 2.24) is 5.32 Å². The summed E-state index contributed by atoms with van der Waals surface area (Å²) in [6.07, 6.45) is 0.597. The first kappa shape index (κ1) is 17.1. The van der Waals surface area contributed by atoms with Gasteiger partial charge in [0.25, 0.3) is 5.69 Å². The van der Waals surface area contributed by atoms with Crippen molar-refractivity contribution in [3.05, 3.63) is 39.4 Å². The highest BCUT2D eigenvalue weighted by Gasteiger charge is 2.18. The second-order valence-corrected chi connectivity index (χ2v) is 5.43. The highest BCUT2D eigenvalue weighted by molar-refractivity contribution is 5.79. The van der Waals surface area contributed by atoms with Crippen LogP contribution in [0.3, 0.4) is 0 Å². The van der Waals surface area contributed by atoms with Crippen LogP contribution in [-0.2, 0) is 11.2 Å². The van der Waals surface area contributed by atoms with Crippen molar-refractivity contribution in [3.63, 3.8) is 0 Å². The molecule has 116 valence electrons. The van der Waals surface area contributed by atoms with E-state index in [9.17, 15) is 14.9 Å². The number of hydrogen-bond donors (Lipinski definition) is 2. The molecule has 0 radical (unpaired) electrons. The van der Waals surface area contributed by atoms with Crippen LogP contribution in [0.15, 0.2) is 18.2 Å². The predicted octanol–water partition coefficient (Wildman–Crippen LogP) is 1.97. The first-order valence-corrected chi connectivity index (χ1v) is 7.00. The lowest BCUT2D eigenvalue weighted by Crippen LogP contribution is -2.40. The lowest BCUT2D eigenvalue weighted by atomic mass is 9.99. The van der Waals surface area contributed by atoms with Gasteiger partial charge < -0.3 is 10.4 Å². The number of benzene rings is 1. The molecule has 0 saturated carbocycles. The second kappa shape index (κ2) is 7.73. The number of hydrogen-bond acceptors (Lipinski definition) is 4. The molecule has 0 saturated heterocycles. The molecular formula is C15H22N2O4. The van der Waals surface area contributed by atoms with Gasteiger partial charge in [-0.05, 0) is 24.8 Å². The average Bonchev–Trinajstić information content (AvgIpc) is 2.40. The third-order valence-electron chi connectivity index (χ3n) is 3.56. The minimum Gasteiger partial charge on any atom is -0.396 e. The van der Waals surface area contributed by atoms with Gasteiger partial charge in [-0.2, -0.15) is 0 Å². The maximum Gasteiger partial charge on any atom is 0.272 e. The third-order valence-corrected chi connectivity index (χ3v) is 3.56. The number of nitro benzene ring substituents is 1. The summed E-state index contributed by atoms with van der Waals surface area (Å²) in [5, 5.41) is 22.8. The van der Waals surface area contributed by atoms with Crippen molar-refractivity contribution in [3.8, 4) is 0 Å². The van der Waals surface area contributed by atoms with Gasteiger partial charge in [0, 0.05) is 24.3 Å². The Hall–Kier alpha value is -1.95. The van der Waals surface area contributed by atoms with Gasteiger partial charge in [0.2, 0.25) is 5.91 Å². The van der Waals surface area contributed by atoms with E-state index in [1.807, 2.05) is 13.8 Å². The van der Waals surface area contributed by atoms with Crippen LogP contribution in [0.2, 0.25) is 0 Å². The Morgan fingerprint density at radius 1 is 1.43 bits per heavy atom. The van der Waals surface area contributed by atoms with Crippen molar-refractivity contribution in [2.75, 3.05) is 6.61 Å². The Kier molecular flexibility index (Phi) is 6.30. The first-order chi connectivity index (χ1) is 9.86. The van der Waals surface area contributed by atoms with Crippen molar-refractivity contribution in [2.24, 2.45) is 5.92 Å². The van der Waals surface area contributed by atoms with Crippen LogP contribution in [0.4, 0.5) is 5.69 Å². The van der Waals surface area contributed by atoms with Crippen molar-refractivity contribution >= 4 is 11.6 Å². The van der Waals surface area contributed by atoms with Crippen LogP contribution in [0.5, 0.6) is 0 Å². The van der Waals surface area contributed by atoms with Crippen molar-refractivity contribution in [2.45, 2.75) is 39.7 Å². The van der Waals surface area contributed by atoms with Gasteiger partial charge in [-0.25, -0.2) is 0 Å². The molecule has 2 N–H and O–H groups in total. The zero-order valence-corrected chi connectivity index (χ0v) is 12.6. The number of carbonyl (C=O) groups is 1. The van der Waals surface area contributed by atoms with Gasteiger partial charge in [0.05, 0.1) is 11.3 Å². The summed E-state index contributed by atoms with van der Waals surface area (Å²) in [5.74, 6) is 0.0260. The van der Waals surface area contributed by atoms with Gasteiger partial charge in [0.15, 0.2) is 0 Å². The maximum atomic E-state index is 12.1. The number of nitrogens with zero attached hydrogens (tertiary/aromatic N) is 1. The lowest BCUT2D eigenvalue weighted by molar-refractivity contribution is -0.385. The van der Waals surface area contributed by atoms with Crippen LogP contribution in [0, 0.1) is 23.0 Å². The molecule has 1 amide bonds. The van der Waals surface area contributed by atoms with E-state index in [4.69, 9.17) is 5.11 Å². The number of amides is 1. The summed E-state index contributed by atoms with van der Waals surface area (Å²) in [6, 6.07) is 4.64. The quantitative estimate of drug-likeness (QED) is 0.594. The normalized spacial score (nSPS) is 12.2. The van der Waals surface area contributed by atoms with Gasteiger partial charge in [-0.1, -0.05) is 26.0 Å². The fourth-order valence-corrected chi connectivity index (χ4v) is 2.20. The second-order valence-electron chi connectivity index (χ2n) is 5.43. The SMILES string of the molecule is Cc1c(CC(=O)NC(CCO)C(C)C)cccc1[N+](=O)[O-]. The Morgan fingerprint density at radius 2 is 2.10 bits per heavy atom. The van der Waals surface area contributed by atoms with E-state index < -0.39 is 4.92 Å². The van der Waals surface area contributed by atoms with Gasteiger partial charge in [-0.3, -0.25) is 14.9 Å². The van der Waals surface area contributed by atoms with Crippen LogP contribution >= 0.6 is 0 Å². The highest BCUT2D eigenvalue weighted by Crippen LogP contribution is 2.21. The average molecular weight is 294 g/mol. The topological polar surface area (TPSA) is 92.5 Å². The van der Waals surface area contributed by atoms with Gasteiger partial charge >= 0.3 is 0 Å². The molecule has 0 bridgehead atoms. The number of nitro groups is 1. The first-order valence-electron chi connectivity index (χ1n) is 7.00. The summed E-state index contributed by atoms with van der Waals surface area (Å²) >= 11 is 0. The molecule has 1 rings (SSSR count). The third kappa shape index (κ3) is 4.82. The highest BCUT2D eigenvalue weighted by atomic mass is 16.6. The van der Waals surface area contributed by atoms with E-state index in [1.165, 1.54) is 6.07 Å². The summed E-state index contributed by atoms with van der Waals surface area (Å²) in [5.41, 5.74) is 1.19. The van der Waals surface area contributed by atoms with E-state index >= 15 is 0 Å². The molecule has 1 unspecified atom stereocenters. The molecule has 0 aliphatic heterocycles. The predicted molar refractivity (Wildman–Crippen MR) is 80.0 cm³/mol. The molecule has 0 aliphatic carbocycles. The monoisotopic (exact) mass is 294 g/mol. The van der Waals surface area contributed by atoms with E-state index in [-0.39, 0.29) is 36.6 Å². The summed E-state index contributed by atoms with van der Waals surface area (Å²) in [4.78, 5) is 22.5. The van der Waals surface area contributed by atoms with Crippen molar-refractivity contribution < 1.29 is 14.8 Å². The standard InChI is InChI=1S/C15H22N2O4/c1-10(2)13(7-8-18)16-15(19)9-12-5-4-6-14(11(12)3)17(20)21/h4-6,10,13,18H,7-9H2,1-3H3,(H,16,19). The Labute approximate surface area is 124 Å². The van der Waals surface area contributed by atoms with Crippen molar-refractivity contribution in [1.29, 1.82) is 0 Å². The number of aliphatic hydroxyl groups excluding tert-OH is 1. The molecular weight excluding hydrogens is 272 g/mol.